The van der Waals surface area contributed by atoms with Gasteiger partial charge in [-0.25, -0.2) is 12.8 Å². The standard InChI is InChI=1S/C24H30FN3O6S/c1-17(24(30)26-2)27(16-18-6-8-19(25)9-7-18)23(29)5-4-12-28(35(3,31)32)20-10-11-21-22(15-20)34-14-13-33-21/h6-11,15,17H,4-5,12-14,16H2,1-3H3,(H,26,30)/t17-/m1/s1. The fraction of sp³-hybridized carbons (Fsp3) is 0.417. The molecule has 35 heavy (non-hydrogen) atoms. The fourth-order valence-electron chi connectivity index (χ4n) is 3.77. The van der Waals surface area contributed by atoms with Crippen molar-refractivity contribution in [2.75, 3.05) is 37.4 Å². The second-order valence-electron chi connectivity index (χ2n) is 8.20. The number of fused-ring (bicyclic) bond motifs is 1. The summed E-state index contributed by atoms with van der Waals surface area (Å²) in [5.74, 6) is -0.0480. The monoisotopic (exact) mass is 507 g/mol. The van der Waals surface area contributed by atoms with Gasteiger partial charge < -0.3 is 19.7 Å². The number of halogens is 1. The topological polar surface area (TPSA) is 105 Å². The van der Waals surface area contributed by atoms with Crippen molar-refractivity contribution in [2.45, 2.75) is 32.4 Å². The van der Waals surface area contributed by atoms with Gasteiger partial charge in [0.15, 0.2) is 11.5 Å². The third-order valence-corrected chi connectivity index (χ3v) is 6.84. The van der Waals surface area contributed by atoms with Crippen LogP contribution in [0.2, 0.25) is 0 Å². The van der Waals surface area contributed by atoms with Gasteiger partial charge in [-0.15, -0.1) is 0 Å². The van der Waals surface area contributed by atoms with Gasteiger partial charge in [0.05, 0.1) is 11.9 Å². The van der Waals surface area contributed by atoms with E-state index in [1.165, 1.54) is 28.4 Å². The highest BCUT2D eigenvalue weighted by Gasteiger charge is 2.26. The average molecular weight is 508 g/mol. The normalized spacial score (nSPS) is 13.6. The van der Waals surface area contributed by atoms with Crippen LogP contribution in [-0.2, 0) is 26.2 Å². The Kier molecular flexibility index (Phi) is 8.55. The third kappa shape index (κ3) is 6.84. The smallest absolute Gasteiger partial charge is 0.242 e. The van der Waals surface area contributed by atoms with E-state index in [9.17, 15) is 22.4 Å². The lowest BCUT2D eigenvalue weighted by atomic mass is 10.1. The van der Waals surface area contributed by atoms with Crippen LogP contribution in [0.5, 0.6) is 11.5 Å². The molecule has 0 radical (unpaired) electrons. The number of nitrogens with zero attached hydrogens (tertiary/aromatic N) is 2. The van der Waals surface area contributed by atoms with Crippen molar-refractivity contribution in [3.8, 4) is 11.5 Å². The molecule has 2 aromatic rings. The van der Waals surface area contributed by atoms with Gasteiger partial charge >= 0.3 is 0 Å². The molecule has 0 aliphatic carbocycles. The van der Waals surface area contributed by atoms with Crippen LogP contribution in [0, 0.1) is 5.82 Å². The SMILES string of the molecule is CNC(=O)[C@@H](C)N(Cc1ccc(F)cc1)C(=O)CCCN(c1ccc2c(c1)OCCO2)S(C)(=O)=O. The first-order valence-electron chi connectivity index (χ1n) is 11.2. The molecule has 1 N–H and O–H groups in total. The quantitative estimate of drug-likeness (QED) is 0.529. The first-order valence-corrected chi connectivity index (χ1v) is 13.1. The van der Waals surface area contributed by atoms with Crippen molar-refractivity contribution in [3.63, 3.8) is 0 Å². The summed E-state index contributed by atoms with van der Waals surface area (Å²) in [6.07, 6.45) is 1.33. The molecule has 190 valence electrons. The number of carbonyl (C=O) groups excluding carboxylic acids is 2. The molecule has 0 unspecified atom stereocenters. The third-order valence-electron chi connectivity index (χ3n) is 5.65. The van der Waals surface area contributed by atoms with Crippen molar-refractivity contribution in [3.05, 3.63) is 53.8 Å². The molecule has 0 saturated heterocycles. The van der Waals surface area contributed by atoms with Gasteiger partial charge in [-0.3, -0.25) is 13.9 Å². The summed E-state index contributed by atoms with van der Waals surface area (Å²) in [4.78, 5) is 26.7. The zero-order valence-electron chi connectivity index (χ0n) is 20.0. The molecule has 3 rings (SSSR count). The Morgan fingerprint density at radius 2 is 1.74 bits per heavy atom. The molecule has 1 aliphatic rings. The van der Waals surface area contributed by atoms with Crippen LogP contribution in [0.3, 0.4) is 0 Å². The predicted molar refractivity (Wildman–Crippen MR) is 129 cm³/mol. The summed E-state index contributed by atoms with van der Waals surface area (Å²) < 4.78 is 50.5. The fourth-order valence-corrected chi connectivity index (χ4v) is 4.73. The maximum atomic E-state index is 13.3. The molecule has 2 aromatic carbocycles. The number of amides is 2. The molecule has 1 atom stereocenters. The number of benzene rings is 2. The average Bonchev–Trinajstić information content (AvgIpc) is 2.84. The molecule has 11 heteroatoms. The molecule has 0 saturated carbocycles. The highest BCUT2D eigenvalue weighted by Crippen LogP contribution is 2.34. The minimum absolute atomic E-state index is 0.0130. The first kappa shape index (κ1) is 26.3. The number of hydrogen-bond donors (Lipinski definition) is 1. The number of hydrogen-bond acceptors (Lipinski definition) is 6. The van der Waals surface area contributed by atoms with Crippen LogP contribution >= 0.6 is 0 Å². The summed E-state index contributed by atoms with van der Waals surface area (Å²) in [5, 5.41) is 2.53. The Hall–Kier alpha value is -3.34. The molecule has 0 fully saturated rings. The molecule has 0 bridgehead atoms. The molecule has 2 amide bonds. The van der Waals surface area contributed by atoms with Gasteiger partial charge in [-0.2, -0.15) is 0 Å². The summed E-state index contributed by atoms with van der Waals surface area (Å²) in [6, 6.07) is 9.82. The van der Waals surface area contributed by atoms with E-state index in [-0.39, 0.29) is 37.7 Å². The number of likely N-dealkylation sites (N-methyl/N-ethyl adjacent to an activating group) is 1. The maximum Gasteiger partial charge on any atom is 0.242 e. The summed E-state index contributed by atoms with van der Waals surface area (Å²) >= 11 is 0. The second-order valence-corrected chi connectivity index (χ2v) is 10.1. The van der Waals surface area contributed by atoms with Crippen LogP contribution in [0.15, 0.2) is 42.5 Å². The highest BCUT2D eigenvalue weighted by molar-refractivity contribution is 7.92. The van der Waals surface area contributed by atoms with E-state index in [4.69, 9.17) is 9.47 Å². The van der Waals surface area contributed by atoms with Crippen molar-refractivity contribution in [2.24, 2.45) is 0 Å². The zero-order valence-corrected chi connectivity index (χ0v) is 20.8. The van der Waals surface area contributed by atoms with Crippen molar-refractivity contribution in [1.29, 1.82) is 0 Å². The number of nitrogens with one attached hydrogen (secondary N) is 1. The lowest BCUT2D eigenvalue weighted by molar-refractivity contribution is -0.140. The number of ether oxygens (including phenoxy) is 2. The Balaban J connectivity index is 1.72. The number of anilines is 1. The first-order chi connectivity index (χ1) is 16.6. The minimum atomic E-state index is -3.64. The van der Waals surface area contributed by atoms with Gasteiger partial charge in [0, 0.05) is 32.6 Å². The highest BCUT2D eigenvalue weighted by atomic mass is 32.2. The van der Waals surface area contributed by atoms with Crippen LogP contribution < -0.4 is 19.1 Å². The maximum absolute atomic E-state index is 13.3. The van der Waals surface area contributed by atoms with Crippen molar-refractivity contribution in [1.82, 2.24) is 10.2 Å². The number of sulfonamides is 1. The van der Waals surface area contributed by atoms with E-state index in [0.29, 0.717) is 36.0 Å². The Bertz CT molecular complexity index is 1160. The van der Waals surface area contributed by atoms with E-state index in [1.807, 2.05) is 0 Å². The predicted octanol–water partition coefficient (Wildman–Crippen LogP) is 2.31. The Morgan fingerprint density at radius 3 is 2.37 bits per heavy atom. The van der Waals surface area contributed by atoms with Crippen LogP contribution in [0.1, 0.15) is 25.3 Å². The molecular formula is C24H30FN3O6S. The molecule has 0 aromatic heterocycles. The minimum Gasteiger partial charge on any atom is -0.486 e. The Labute approximate surface area is 204 Å². The number of carbonyl (C=O) groups is 2. The zero-order chi connectivity index (χ0) is 25.6. The van der Waals surface area contributed by atoms with E-state index < -0.39 is 21.9 Å². The second kappa shape index (κ2) is 11.4. The Morgan fingerprint density at radius 1 is 1.09 bits per heavy atom. The molecule has 9 nitrogen and oxygen atoms in total. The lowest BCUT2D eigenvalue weighted by Crippen LogP contribution is -2.46. The van der Waals surface area contributed by atoms with E-state index >= 15 is 0 Å². The molecule has 0 spiro atoms. The molecular weight excluding hydrogens is 477 g/mol. The summed E-state index contributed by atoms with van der Waals surface area (Å²) in [6.45, 7) is 2.58. The van der Waals surface area contributed by atoms with Crippen molar-refractivity contribution >= 4 is 27.5 Å². The van der Waals surface area contributed by atoms with E-state index in [2.05, 4.69) is 5.32 Å². The van der Waals surface area contributed by atoms with Gasteiger partial charge in [-0.1, -0.05) is 12.1 Å². The van der Waals surface area contributed by atoms with Gasteiger partial charge in [0.1, 0.15) is 25.1 Å². The summed E-state index contributed by atoms with van der Waals surface area (Å²) in [7, 11) is -2.15. The van der Waals surface area contributed by atoms with Crippen molar-refractivity contribution < 1.29 is 31.9 Å². The van der Waals surface area contributed by atoms with Gasteiger partial charge in [0.2, 0.25) is 21.8 Å². The van der Waals surface area contributed by atoms with E-state index in [1.54, 1.807) is 37.3 Å². The largest absolute Gasteiger partial charge is 0.486 e. The van der Waals surface area contributed by atoms with Gasteiger partial charge in [0.25, 0.3) is 0 Å². The van der Waals surface area contributed by atoms with Crippen LogP contribution in [0.25, 0.3) is 0 Å². The van der Waals surface area contributed by atoms with Gasteiger partial charge in [-0.05, 0) is 43.2 Å². The van der Waals surface area contributed by atoms with Crippen LogP contribution in [-0.4, -0.2) is 64.2 Å². The molecule has 1 heterocycles. The van der Waals surface area contributed by atoms with Crippen LogP contribution in [0.4, 0.5) is 10.1 Å². The lowest BCUT2D eigenvalue weighted by Gasteiger charge is -2.29. The summed E-state index contributed by atoms with van der Waals surface area (Å²) in [5.41, 5.74) is 1.08. The van der Waals surface area contributed by atoms with E-state index in [0.717, 1.165) is 6.26 Å². The molecule has 1 aliphatic heterocycles. The number of rotatable bonds is 10.